The van der Waals surface area contributed by atoms with Crippen LogP contribution in [0.3, 0.4) is 0 Å². The minimum absolute atomic E-state index is 0.441. The van der Waals surface area contributed by atoms with Crippen molar-refractivity contribution >= 4 is 11.6 Å². The second-order valence-electron chi connectivity index (χ2n) is 4.31. The second kappa shape index (κ2) is 3.80. The molecule has 1 saturated carbocycles. The number of hydrogen-bond donors (Lipinski definition) is 0. The van der Waals surface area contributed by atoms with Crippen LogP contribution >= 0.6 is 11.6 Å². The Hall–Kier alpha value is 0.290. The fourth-order valence-corrected chi connectivity index (χ4v) is 2.26. The molecule has 0 aromatic heterocycles. The molecule has 66 valence electrons. The molecule has 0 bridgehead atoms. The first-order valence-electron chi connectivity index (χ1n) is 4.75. The average molecular weight is 175 g/mol. The first kappa shape index (κ1) is 9.38. The lowest BCUT2D eigenvalue weighted by Gasteiger charge is -2.32. The first-order chi connectivity index (χ1) is 5.11. The molecule has 11 heavy (non-hydrogen) atoms. The Kier molecular flexibility index (Phi) is 3.24. The second-order valence-corrected chi connectivity index (χ2v) is 4.87. The van der Waals surface area contributed by atoms with Crippen molar-refractivity contribution in [1.82, 2.24) is 0 Å². The molecule has 0 aromatic carbocycles. The van der Waals surface area contributed by atoms with E-state index in [9.17, 15) is 0 Å². The van der Waals surface area contributed by atoms with E-state index in [2.05, 4.69) is 20.8 Å². The third-order valence-corrected chi connectivity index (χ3v) is 3.69. The fraction of sp³-hybridized carbons (Fsp3) is 1.00. The molecule has 0 spiro atoms. The summed E-state index contributed by atoms with van der Waals surface area (Å²) in [5.41, 5.74) is 0. The summed E-state index contributed by atoms with van der Waals surface area (Å²) in [4.78, 5) is 0. The maximum atomic E-state index is 6.21. The molecule has 3 atom stereocenters. The van der Waals surface area contributed by atoms with Crippen molar-refractivity contribution in [2.75, 3.05) is 0 Å². The zero-order valence-electron chi connectivity index (χ0n) is 7.81. The molecule has 1 rings (SSSR count). The average Bonchev–Trinajstić information content (AvgIpc) is 1.94. The largest absolute Gasteiger partial charge is 0.123 e. The lowest BCUT2D eigenvalue weighted by atomic mass is 9.77. The summed E-state index contributed by atoms with van der Waals surface area (Å²) >= 11 is 6.21. The van der Waals surface area contributed by atoms with Crippen molar-refractivity contribution in [3.05, 3.63) is 0 Å². The highest BCUT2D eigenvalue weighted by atomic mass is 35.5. The number of hydrogen-bond acceptors (Lipinski definition) is 0. The van der Waals surface area contributed by atoms with Gasteiger partial charge in [0.1, 0.15) is 0 Å². The molecule has 0 heterocycles. The van der Waals surface area contributed by atoms with Gasteiger partial charge in [-0.05, 0) is 37.0 Å². The summed E-state index contributed by atoms with van der Waals surface area (Å²) in [5.74, 6) is 2.45. The van der Waals surface area contributed by atoms with Crippen molar-refractivity contribution in [3.63, 3.8) is 0 Å². The van der Waals surface area contributed by atoms with Gasteiger partial charge in [0.05, 0.1) is 0 Å². The van der Waals surface area contributed by atoms with Gasteiger partial charge >= 0.3 is 0 Å². The highest BCUT2D eigenvalue weighted by Gasteiger charge is 2.27. The molecule has 3 unspecified atom stereocenters. The van der Waals surface area contributed by atoms with E-state index in [0.29, 0.717) is 5.38 Å². The van der Waals surface area contributed by atoms with Gasteiger partial charge in [-0.2, -0.15) is 0 Å². The van der Waals surface area contributed by atoms with Crippen LogP contribution in [-0.2, 0) is 0 Å². The standard InChI is InChI=1S/C10H19Cl/c1-7(2)9-5-4-8(3)10(11)6-9/h7-10H,4-6H2,1-3H3. The molecule has 0 nitrogen and oxygen atoms in total. The molecule has 0 aromatic rings. The monoisotopic (exact) mass is 174 g/mol. The van der Waals surface area contributed by atoms with Crippen LogP contribution in [0.2, 0.25) is 0 Å². The van der Waals surface area contributed by atoms with Crippen LogP contribution in [0.1, 0.15) is 40.0 Å². The highest BCUT2D eigenvalue weighted by molar-refractivity contribution is 6.20. The van der Waals surface area contributed by atoms with Crippen LogP contribution in [-0.4, -0.2) is 5.38 Å². The SMILES string of the molecule is CC(C)C1CCC(C)C(Cl)C1. The van der Waals surface area contributed by atoms with Gasteiger partial charge in [-0.25, -0.2) is 0 Å². The van der Waals surface area contributed by atoms with Crippen LogP contribution in [0.4, 0.5) is 0 Å². The van der Waals surface area contributed by atoms with Gasteiger partial charge in [-0.15, -0.1) is 11.6 Å². The van der Waals surface area contributed by atoms with Gasteiger partial charge in [-0.3, -0.25) is 0 Å². The lowest BCUT2D eigenvalue weighted by molar-refractivity contribution is 0.239. The van der Waals surface area contributed by atoms with Crippen molar-refractivity contribution in [2.45, 2.75) is 45.4 Å². The Morgan fingerprint density at radius 1 is 1.27 bits per heavy atom. The summed E-state index contributed by atoms with van der Waals surface area (Å²) in [6, 6.07) is 0. The van der Waals surface area contributed by atoms with Crippen LogP contribution in [0.25, 0.3) is 0 Å². The van der Waals surface area contributed by atoms with E-state index >= 15 is 0 Å². The molecule has 1 aliphatic rings. The maximum Gasteiger partial charge on any atom is 0.0364 e. The molecule has 0 radical (unpaired) electrons. The predicted octanol–water partition coefficient (Wildman–Crippen LogP) is 3.69. The maximum absolute atomic E-state index is 6.21. The molecule has 1 heteroatoms. The van der Waals surface area contributed by atoms with Crippen molar-refractivity contribution in [2.24, 2.45) is 17.8 Å². The van der Waals surface area contributed by atoms with Crippen LogP contribution in [0.5, 0.6) is 0 Å². The Bertz CT molecular complexity index is 120. The Labute approximate surface area is 75.3 Å². The van der Waals surface area contributed by atoms with Crippen molar-refractivity contribution in [1.29, 1.82) is 0 Å². The summed E-state index contributed by atoms with van der Waals surface area (Å²) in [7, 11) is 0. The topological polar surface area (TPSA) is 0 Å². The van der Waals surface area contributed by atoms with Crippen LogP contribution in [0, 0.1) is 17.8 Å². The normalized spacial score (nSPS) is 39.5. The summed E-state index contributed by atoms with van der Waals surface area (Å²) in [6.45, 7) is 6.89. The lowest BCUT2D eigenvalue weighted by Crippen LogP contribution is -2.26. The Morgan fingerprint density at radius 2 is 1.91 bits per heavy atom. The van der Waals surface area contributed by atoms with Crippen molar-refractivity contribution in [3.8, 4) is 0 Å². The molecule has 1 fully saturated rings. The molecule has 0 N–H and O–H groups in total. The predicted molar refractivity (Wildman–Crippen MR) is 51.0 cm³/mol. The van der Waals surface area contributed by atoms with Crippen LogP contribution in [0.15, 0.2) is 0 Å². The zero-order valence-corrected chi connectivity index (χ0v) is 8.56. The van der Waals surface area contributed by atoms with Crippen molar-refractivity contribution < 1.29 is 0 Å². The molecular formula is C10H19Cl. The molecule has 0 aliphatic heterocycles. The van der Waals surface area contributed by atoms with Gasteiger partial charge in [0.15, 0.2) is 0 Å². The summed E-state index contributed by atoms with van der Waals surface area (Å²) < 4.78 is 0. The third kappa shape index (κ3) is 2.37. The van der Waals surface area contributed by atoms with Gasteiger partial charge in [-0.1, -0.05) is 20.8 Å². The molecule has 0 amide bonds. The van der Waals surface area contributed by atoms with Gasteiger partial charge < -0.3 is 0 Å². The van der Waals surface area contributed by atoms with E-state index in [1.807, 2.05) is 0 Å². The summed E-state index contributed by atoms with van der Waals surface area (Å²) in [6.07, 6.45) is 3.96. The summed E-state index contributed by atoms with van der Waals surface area (Å²) in [5, 5.41) is 0.441. The molecule has 0 saturated heterocycles. The van der Waals surface area contributed by atoms with Gasteiger partial charge in [0, 0.05) is 5.38 Å². The minimum atomic E-state index is 0.441. The van der Waals surface area contributed by atoms with E-state index in [-0.39, 0.29) is 0 Å². The first-order valence-corrected chi connectivity index (χ1v) is 5.19. The van der Waals surface area contributed by atoms with Crippen LogP contribution < -0.4 is 0 Å². The van der Waals surface area contributed by atoms with Gasteiger partial charge in [0.25, 0.3) is 0 Å². The van der Waals surface area contributed by atoms with E-state index < -0.39 is 0 Å². The molecule has 1 aliphatic carbocycles. The van der Waals surface area contributed by atoms with E-state index in [1.54, 1.807) is 0 Å². The smallest absolute Gasteiger partial charge is 0.0364 e. The highest BCUT2D eigenvalue weighted by Crippen LogP contribution is 2.35. The number of alkyl halides is 1. The van der Waals surface area contributed by atoms with Gasteiger partial charge in [0.2, 0.25) is 0 Å². The fourth-order valence-electron chi connectivity index (χ4n) is 1.90. The van der Waals surface area contributed by atoms with E-state index in [4.69, 9.17) is 11.6 Å². The Morgan fingerprint density at radius 3 is 2.36 bits per heavy atom. The third-order valence-electron chi connectivity index (χ3n) is 3.08. The zero-order chi connectivity index (χ0) is 8.43. The van der Waals surface area contributed by atoms with E-state index in [1.165, 1.54) is 19.3 Å². The van der Waals surface area contributed by atoms with E-state index in [0.717, 1.165) is 17.8 Å². The Balaban J connectivity index is 2.40. The number of rotatable bonds is 1. The minimum Gasteiger partial charge on any atom is -0.123 e. The number of halogens is 1. The molecular weight excluding hydrogens is 156 g/mol. The quantitative estimate of drug-likeness (QED) is 0.532.